The van der Waals surface area contributed by atoms with E-state index in [0.717, 1.165) is 25.7 Å². The summed E-state index contributed by atoms with van der Waals surface area (Å²) in [6, 6.07) is 0.441. The minimum Gasteiger partial charge on any atom is -0.327 e. The van der Waals surface area contributed by atoms with Crippen LogP contribution >= 0.6 is 0 Å². The maximum absolute atomic E-state index is 5.78. The van der Waals surface area contributed by atoms with Crippen molar-refractivity contribution in [2.24, 2.45) is 11.5 Å². The second-order valence-electron chi connectivity index (χ2n) is 3.15. The van der Waals surface area contributed by atoms with Crippen molar-refractivity contribution in [1.29, 1.82) is 0 Å². The molecule has 2 heteroatoms. The van der Waals surface area contributed by atoms with Crippen molar-refractivity contribution < 1.29 is 0 Å². The van der Waals surface area contributed by atoms with Crippen molar-refractivity contribution >= 4 is 0 Å². The van der Waals surface area contributed by atoms with Crippen LogP contribution in [0, 0.1) is 0 Å². The highest BCUT2D eigenvalue weighted by molar-refractivity contribution is 4.79. The summed E-state index contributed by atoms with van der Waals surface area (Å²) < 4.78 is 0. The van der Waals surface area contributed by atoms with Crippen LogP contribution in [-0.4, -0.2) is 12.1 Å². The Morgan fingerprint density at radius 3 is 1.50 bits per heavy atom. The van der Waals surface area contributed by atoms with Gasteiger partial charge in [0.1, 0.15) is 0 Å². The first-order chi connectivity index (χ1) is 5.70. The smallest absolute Gasteiger partial charge is 0.00738 e. The SMILES string of the molecule is C=CCC(N)CCC(N)CC=C. The van der Waals surface area contributed by atoms with E-state index >= 15 is 0 Å². The minimum atomic E-state index is 0.221. The predicted octanol–water partition coefficient (Wildman–Crippen LogP) is 1.57. The maximum atomic E-state index is 5.78. The summed E-state index contributed by atoms with van der Waals surface area (Å²) in [4.78, 5) is 0. The monoisotopic (exact) mass is 168 g/mol. The number of hydrogen-bond donors (Lipinski definition) is 2. The molecular formula is C10H20N2. The van der Waals surface area contributed by atoms with Crippen molar-refractivity contribution in [2.75, 3.05) is 0 Å². The largest absolute Gasteiger partial charge is 0.327 e. The summed E-state index contributed by atoms with van der Waals surface area (Å²) in [6.45, 7) is 7.27. The molecule has 0 saturated carbocycles. The van der Waals surface area contributed by atoms with Crippen molar-refractivity contribution in [3.05, 3.63) is 25.3 Å². The summed E-state index contributed by atoms with van der Waals surface area (Å²) in [5.74, 6) is 0. The molecule has 2 atom stereocenters. The van der Waals surface area contributed by atoms with Crippen LogP contribution in [0.5, 0.6) is 0 Å². The molecular weight excluding hydrogens is 148 g/mol. The first kappa shape index (κ1) is 11.4. The van der Waals surface area contributed by atoms with Gasteiger partial charge in [0, 0.05) is 12.1 Å². The fourth-order valence-corrected chi connectivity index (χ4v) is 1.09. The highest BCUT2D eigenvalue weighted by atomic mass is 14.6. The van der Waals surface area contributed by atoms with Gasteiger partial charge in [-0.15, -0.1) is 13.2 Å². The highest BCUT2D eigenvalue weighted by Gasteiger charge is 2.04. The molecule has 0 fully saturated rings. The first-order valence-corrected chi connectivity index (χ1v) is 4.43. The van der Waals surface area contributed by atoms with Gasteiger partial charge < -0.3 is 11.5 Å². The second-order valence-corrected chi connectivity index (χ2v) is 3.15. The third-order valence-electron chi connectivity index (χ3n) is 1.85. The number of hydrogen-bond acceptors (Lipinski definition) is 2. The van der Waals surface area contributed by atoms with Gasteiger partial charge in [0.15, 0.2) is 0 Å². The van der Waals surface area contributed by atoms with Crippen molar-refractivity contribution in [2.45, 2.75) is 37.8 Å². The Kier molecular flexibility index (Phi) is 6.72. The maximum Gasteiger partial charge on any atom is 0.00738 e. The van der Waals surface area contributed by atoms with E-state index in [2.05, 4.69) is 13.2 Å². The number of nitrogens with two attached hydrogens (primary N) is 2. The van der Waals surface area contributed by atoms with Crippen molar-refractivity contribution in [3.8, 4) is 0 Å². The predicted molar refractivity (Wildman–Crippen MR) is 54.8 cm³/mol. The zero-order valence-electron chi connectivity index (χ0n) is 7.71. The van der Waals surface area contributed by atoms with Crippen LogP contribution in [0.4, 0.5) is 0 Å². The highest BCUT2D eigenvalue weighted by Crippen LogP contribution is 2.04. The van der Waals surface area contributed by atoms with Gasteiger partial charge in [-0.1, -0.05) is 12.2 Å². The molecule has 12 heavy (non-hydrogen) atoms. The fraction of sp³-hybridized carbons (Fsp3) is 0.600. The van der Waals surface area contributed by atoms with E-state index in [-0.39, 0.29) is 12.1 Å². The van der Waals surface area contributed by atoms with Crippen LogP contribution in [0.25, 0.3) is 0 Å². The molecule has 0 radical (unpaired) electrons. The van der Waals surface area contributed by atoms with E-state index < -0.39 is 0 Å². The molecule has 2 nitrogen and oxygen atoms in total. The summed E-state index contributed by atoms with van der Waals surface area (Å²) in [6.07, 6.45) is 7.40. The van der Waals surface area contributed by atoms with Gasteiger partial charge in [-0.3, -0.25) is 0 Å². The van der Waals surface area contributed by atoms with E-state index in [1.807, 2.05) is 12.2 Å². The zero-order chi connectivity index (χ0) is 9.40. The molecule has 0 saturated heterocycles. The molecule has 0 bridgehead atoms. The summed E-state index contributed by atoms with van der Waals surface area (Å²) in [5.41, 5.74) is 11.6. The van der Waals surface area contributed by atoms with Gasteiger partial charge >= 0.3 is 0 Å². The second kappa shape index (κ2) is 7.07. The molecule has 0 spiro atoms. The molecule has 4 N–H and O–H groups in total. The lowest BCUT2D eigenvalue weighted by Gasteiger charge is -2.12. The van der Waals surface area contributed by atoms with Crippen LogP contribution in [0.15, 0.2) is 25.3 Å². The Morgan fingerprint density at radius 2 is 1.25 bits per heavy atom. The topological polar surface area (TPSA) is 52.0 Å². The van der Waals surface area contributed by atoms with E-state index in [0.29, 0.717) is 0 Å². The molecule has 2 unspecified atom stereocenters. The van der Waals surface area contributed by atoms with Crippen LogP contribution in [-0.2, 0) is 0 Å². The lowest BCUT2D eigenvalue weighted by atomic mass is 10.0. The van der Waals surface area contributed by atoms with Crippen LogP contribution in [0.3, 0.4) is 0 Å². The van der Waals surface area contributed by atoms with Gasteiger partial charge in [-0.05, 0) is 25.7 Å². The molecule has 0 aliphatic carbocycles. The average molecular weight is 168 g/mol. The molecule has 0 heterocycles. The van der Waals surface area contributed by atoms with E-state index in [1.54, 1.807) is 0 Å². The molecule has 0 rings (SSSR count). The fourth-order valence-electron chi connectivity index (χ4n) is 1.09. The molecule has 0 aliphatic rings. The van der Waals surface area contributed by atoms with E-state index in [9.17, 15) is 0 Å². The Hall–Kier alpha value is -0.600. The number of rotatable bonds is 7. The van der Waals surface area contributed by atoms with Crippen molar-refractivity contribution in [3.63, 3.8) is 0 Å². The molecule has 0 aromatic carbocycles. The molecule has 0 aliphatic heterocycles. The van der Waals surface area contributed by atoms with Crippen molar-refractivity contribution in [1.82, 2.24) is 0 Å². The normalized spacial score (nSPS) is 15.2. The third kappa shape index (κ3) is 6.13. The van der Waals surface area contributed by atoms with Gasteiger partial charge in [-0.2, -0.15) is 0 Å². The lowest BCUT2D eigenvalue weighted by molar-refractivity contribution is 0.523. The lowest BCUT2D eigenvalue weighted by Crippen LogP contribution is -2.25. The third-order valence-corrected chi connectivity index (χ3v) is 1.85. The Balaban J connectivity index is 3.38. The Labute approximate surface area is 75.3 Å². The molecule has 0 amide bonds. The summed E-state index contributed by atoms with van der Waals surface area (Å²) in [7, 11) is 0. The van der Waals surface area contributed by atoms with Gasteiger partial charge in [0.2, 0.25) is 0 Å². The van der Waals surface area contributed by atoms with Gasteiger partial charge in [0.05, 0.1) is 0 Å². The summed E-state index contributed by atoms with van der Waals surface area (Å²) in [5, 5.41) is 0. The summed E-state index contributed by atoms with van der Waals surface area (Å²) >= 11 is 0. The van der Waals surface area contributed by atoms with Gasteiger partial charge in [0.25, 0.3) is 0 Å². The molecule has 0 aromatic rings. The molecule has 70 valence electrons. The Bertz CT molecular complexity index is 116. The Morgan fingerprint density at radius 1 is 0.917 bits per heavy atom. The molecule has 0 aromatic heterocycles. The standard InChI is InChI=1S/C10H20N2/c1-3-5-9(11)7-8-10(12)6-4-2/h3-4,9-10H,1-2,5-8,11-12H2. The van der Waals surface area contributed by atoms with Crippen LogP contribution < -0.4 is 11.5 Å². The average Bonchev–Trinajstić information content (AvgIpc) is 2.02. The van der Waals surface area contributed by atoms with E-state index in [1.165, 1.54) is 0 Å². The quantitative estimate of drug-likeness (QED) is 0.567. The zero-order valence-corrected chi connectivity index (χ0v) is 7.71. The van der Waals surface area contributed by atoms with E-state index in [4.69, 9.17) is 11.5 Å². The van der Waals surface area contributed by atoms with Crippen LogP contribution in [0.1, 0.15) is 25.7 Å². The minimum absolute atomic E-state index is 0.221. The first-order valence-electron chi connectivity index (χ1n) is 4.43. The van der Waals surface area contributed by atoms with Crippen LogP contribution in [0.2, 0.25) is 0 Å². The van der Waals surface area contributed by atoms with Gasteiger partial charge in [-0.25, -0.2) is 0 Å².